The van der Waals surface area contributed by atoms with Gasteiger partial charge in [0.15, 0.2) is 11.5 Å². The Labute approximate surface area is 143 Å². The lowest BCUT2D eigenvalue weighted by Gasteiger charge is -2.34. The molecule has 1 N–H and O–H groups in total. The molecule has 3 rings (SSSR count). The van der Waals surface area contributed by atoms with Crippen LogP contribution in [0.5, 0.6) is 11.5 Å². The van der Waals surface area contributed by atoms with Gasteiger partial charge in [0.2, 0.25) is 5.91 Å². The summed E-state index contributed by atoms with van der Waals surface area (Å²) in [5, 5.41) is 9.75. The molecule has 2 aliphatic heterocycles. The van der Waals surface area contributed by atoms with Crippen LogP contribution in [0.3, 0.4) is 0 Å². The number of likely N-dealkylation sites (tertiary alicyclic amines) is 1. The normalized spacial score (nSPS) is 21.3. The first-order valence-corrected chi connectivity index (χ1v) is 8.52. The first-order valence-electron chi connectivity index (χ1n) is 8.52. The fraction of sp³-hybridized carbons (Fsp3) is 0.611. The summed E-state index contributed by atoms with van der Waals surface area (Å²) in [5.74, 6) is 1.56. The molecule has 24 heavy (non-hydrogen) atoms. The monoisotopic (exact) mass is 334 g/mol. The summed E-state index contributed by atoms with van der Waals surface area (Å²) in [7, 11) is 3.26. The van der Waals surface area contributed by atoms with Crippen LogP contribution >= 0.6 is 0 Å². The van der Waals surface area contributed by atoms with E-state index in [-0.39, 0.29) is 12.0 Å². The highest BCUT2D eigenvalue weighted by Crippen LogP contribution is 2.33. The number of carbonyl (C=O) groups is 1. The Hall–Kier alpha value is -1.79. The van der Waals surface area contributed by atoms with Gasteiger partial charge in [0, 0.05) is 19.6 Å². The molecule has 0 aromatic heterocycles. The van der Waals surface area contributed by atoms with Crippen molar-refractivity contribution in [3.8, 4) is 11.5 Å². The van der Waals surface area contributed by atoms with Crippen molar-refractivity contribution < 1.29 is 19.4 Å². The van der Waals surface area contributed by atoms with Crippen LogP contribution in [0.1, 0.15) is 24.0 Å². The minimum atomic E-state index is -0.301. The molecule has 6 heteroatoms. The Morgan fingerprint density at radius 2 is 1.92 bits per heavy atom. The third-order valence-electron chi connectivity index (χ3n) is 4.91. The zero-order valence-electron chi connectivity index (χ0n) is 14.5. The van der Waals surface area contributed by atoms with Crippen molar-refractivity contribution in [1.29, 1.82) is 0 Å². The summed E-state index contributed by atoms with van der Waals surface area (Å²) in [5.41, 5.74) is 2.33. The highest BCUT2D eigenvalue weighted by Gasteiger charge is 2.26. The van der Waals surface area contributed by atoms with Crippen molar-refractivity contribution in [2.45, 2.75) is 31.9 Å². The molecule has 0 aliphatic carbocycles. The number of hydrogen-bond acceptors (Lipinski definition) is 5. The van der Waals surface area contributed by atoms with Crippen molar-refractivity contribution in [2.75, 3.05) is 40.4 Å². The number of fused-ring (bicyclic) bond motifs is 1. The quantitative estimate of drug-likeness (QED) is 0.892. The lowest BCUT2D eigenvalue weighted by Crippen LogP contribution is -2.46. The molecular weight excluding hydrogens is 308 g/mol. The van der Waals surface area contributed by atoms with E-state index < -0.39 is 0 Å². The number of benzene rings is 1. The van der Waals surface area contributed by atoms with Gasteiger partial charge in [-0.15, -0.1) is 0 Å². The Morgan fingerprint density at radius 1 is 1.21 bits per heavy atom. The number of nitrogens with zero attached hydrogens (tertiary/aromatic N) is 2. The molecule has 1 aromatic carbocycles. The van der Waals surface area contributed by atoms with Gasteiger partial charge in [0.05, 0.1) is 26.9 Å². The second-order valence-corrected chi connectivity index (χ2v) is 6.57. The smallest absolute Gasteiger partial charge is 0.237 e. The maximum absolute atomic E-state index is 12.6. The minimum absolute atomic E-state index is 0.129. The van der Waals surface area contributed by atoms with E-state index in [1.807, 2.05) is 17.0 Å². The first-order chi connectivity index (χ1) is 11.6. The molecule has 0 radical (unpaired) electrons. The van der Waals surface area contributed by atoms with Crippen LogP contribution in [-0.4, -0.2) is 67.3 Å². The summed E-state index contributed by atoms with van der Waals surface area (Å²) in [4.78, 5) is 16.6. The third kappa shape index (κ3) is 3.65. The van der Waals surface area contributed by atoms with Crippen LogP contribution in [0.15, 0.2) is 12.1 Å². The molecule has 1 atom stereocenters. The van der Waals surface area contributed by atoms with E-state index in [0.29, 0.717) is 25.4 Å². The van der Waals surface area contributed by atoms with Crippen LogP contribution in [-0.2, 0) is 17.8 Å². The number of hydrogen-bond donors (Lipinski definition) is 1. The van der Waals surface area contributed by atoms with E-state index in [0.717, 1.165) is 43.7 Å². The standard InChI is InChI=1S/C18H26N2O4/c1-23-16-8-13-5-7-20(10-14(13)9-17(16)24-2)18(22)12-19-6-3-4-15(21)11-19/h8-9,15,21H,3-7,10-12H2,1-2H3/t15-/m0/s1. The van der Waals surface area contributed by atoms with Crippen LogP contribution in [0.25, 0.3) is 0 Å². The van der Waals surface area contributed by atoms with E-state index in [9.17, 15) is 9.90 Å². The number of piperidine rings is 1. The predicted molar refractivity (Wildman–Crippen MR) is 90.3 cm³/mol. The second-order valence-electron chi connectivity index (χ2n) is 6.57. The Balaban J connectivity index is 1.66. The first kappa shape index (κ1) is 17.0. The third-order valence-corrected chi connectivity index (χ3v) is 4.91. The molecule has 2 heterocycles. The largest absolute Gasteiger partial charge is 0.493 e. The van der Waals surface area contributed by atoms with Gasteiger partial charge in [-0.1, -0.05) is 0 Å². The van der Waals surface area contributed by atoms with Crippen molar-refractivity contribution in [3.05, 3.63) is 23.3 Å². The van der Waals surface area contributed by atoms with Crippen LogP contribution in [0.4, 0.5) is 0 Å². The van der Waals surface area contributed by atoms with Gasteiger partial charge in [-0.2, -0.15) is 0 Å². The van der Waals surface area contributed by atoms with E-state index in [2.05, 4.69) is 4.90 Å². The number of rotatable bonds is 4. The molecule has 1 aromatic rings. The SMILES string of the molecule is COc1cc2c(cc1OC)CN(C(=O)CN1CCC[C@H](O)C1)CC2. The summed E-state index contributed by atoms with van der Waals surface area (Å²) < 4.78 is 10.7. The molecule has 1 amide bonds. The number of aliphatic hydroxyl groups excluding tert-OH is 1. The molecule has 132 valence electrons. The number of methoxy groups -OCH3 is 2. The summed E-state index contributed by atoms with van der Waals surface area (Å²) >= 11 is 0. The molecule has 1 fully saturated rings. The number of β-amino-alcohol motifs (C(OH)–C–C–N with tert-alkyl or cyclic N) is 1. The van der Waals surface area contributed by atoms with Gasteiger partial charge in [0.1, 0.15) is 0 Å². The molecule has 0 unspecified atom stereocenters. The van der Waals surface area contributed by atoms with Gasteiger partial charge in [-0.3, -0.25) is 9.69 Å². The molecule has 0 bridgehead atoms. The van der Waals surface area contributed by atoms with Gasteiger partial charge >= 0.3 is 0 Å². The highest BCUT2D eigenvalue weighted by molar-refractivity contribution is 5.78. The zero-order valence-corrected chi connectivity index (χ0v) is 14.5. The van der Waals surface area contributed by atoms with Crippen molar-refractivity contribution in [2.24, 2.45) is 0 Å². The molecule has 6 nitrogen and oxygen atoms in total. The van der Waals surface area contributed by atoms with Crippen LogP contribution in [0.2, 0.25) is 0 Å². The molecular formula is C18H26N2O4. The average molecular weight is 334 g/mol. The lowest BCUT2D eigenvalue weighted by molar-refractivity contribution is -0.134. The van der Waals surface area contributed by atoms with Crippen LogP contribution in [0, 0.1) is 0 Å². The predicted octanol–water partition coefficient (Wildman–Crippen LogP) is 1.05. The fourth-order valence-electron chi connectivity index (χ4n) is 3.56. The summed E-state index contributed by atoms with van der Waals surface area (Å²) in [6.07, 6.45) is 2.31. The Kier molecular flexibility index (Phi) is 5.26. The van der Waals surface area contributed by atoms with Gasteiger partial charge in [-0.05, 0) is 49.1 Å². The maximum Gasteiger partial charge on any atom is 0.237 e. The number of carbonyl (C=O) groups excluding carboxylic acids is 1. The lowest BCUT2D eigenvalue weighted by atomic mass is 9.98. The van der Waals surface area contributed by atoms with E-state index >= 15 is 0 Å². The number of ether oxygens (including phenoxy) is 2. The molecule has 0 spiro atoms. The fourth-order valence-corrected chi connectivity index (χ4v) is 3.56. The Bertz CT molecular complexity index is 605. The van der Waals surface area contributed by atoms with Gasteiger partial charge < -0.3 is 19.5 Å². The van der Waals surface area contributed by atoms with Crippen molar-refractivity contribution in [3.63, 3.8) is 0 Å². The Morgan fingerprint density at radius 3 is 2.58 bits per heavy atom. The number of aliphatic hydroxyl groups is 1. The van der Waals surface area contributed by atoms with E-state index in [1.165, 1.54) is 5.56 Å². The van der Waals surface area contributed by atoms with Crippen LogP contribution < -0.4 is 9.47 Å². The van der Waals surface area contributed by atoms with E-state index in [1.54, 1.807) is 14.2 Å². The van der Waals surface area contributed by atoms with Gasteiger partial charge in [0.25, 0.3) is 0 Å². The number of amides is 1. The van der Waals surface area contributed by atoms with E-state index in [4.69, 9.17) is 9.47 Å². The highest BCUT2D eigenvalue weighted by atomic mass is 16.5. The molecule has 2 aliphatic rings. The van der Waals surface area contributed by atoms with Crippen molar-refractivity contribution >= 4 is 5.91 Å². The molecule has 1 saturated heterocycles. The molecule has 0 saturated carbocycles. The summed E-state index contributed by atoms with van der Waals surface area (Å²) in [6.45, 7) is 3.20. The minimum Gasteiger partial charge on any atom is -0.493 e. The average Bonchev–Trinajstić information content (AvgIpc) is 2.59. The zero-order chi connectivity index (χ0) is 17.1. The van der Waals surface area contributed by atoms with Crippen molar-refractivity contribution in [1.82, 2.24) is 9.80 Å². The van der Waals surface area contributed by atoms with Gasteiger partial charge in [-0.25, -0.2) is 0 Å². The second kappa shape index (κ2) is 7.40. The summed E-state index contributed by atoms with van der Waals surface area (Å²) in [6, 6.07) is 3.98. The maximum atomic E-state index is 12.6. The topological polar surface area (TPSA) is 62.2 Å².